The largest absolute Gasteiger partial charge is 0.390 e. The summed E-state index contributed by atoms with van der Waals surface area (Å²) in [4.78, 5) is 0. The van der Waals surface area contributed by atoms with Gasteiger partial charge in [0, 0.05) is 6.20 Å². The fourth-order valence-corrected chi connectivity index (χ4v) is 2.00. The Hall–Kier alpha value is -1.13. The van der Waals surface area contributed by atoms with Crippen molar-refractivity contribution in [2.75, 3.05) is 0 Å². The maximum Gasteiger partial charge on any atom is 0.102 e. The lowest BCUT2D eigenvalue weighted by molar-refractivity contribution is 0.275. The molecule has 3 nitrogen and oxygen atoms in total. The topological polar surface area (TPSA) is 38.0 Å². The van der Waals surface area contributed by atoms with Crippen LogP contribution in [0.4, 0.5) is 0 Å². The van der Waals surface area contributed by atoms with Crippen LogP contribution in [0.25, 0.3) is 5.69 Å². The number of hydrogen-bond acceptors (Lipinski definition) is 2. The van der Waals surface area contributed by atoms with Gasteiger partial charge in [-0.05, 0) is 47.0 Å². The van der Waals surface area contributed by atoms with Gasteiger partial charge in [-0.3, -0.25) is 0 Å². The van der Waals surface area contributed by atoms with Crippen molar-refractivity contribution in [3.8, 4) is 5.69 Å². The molecule has 0 saturated carbocycles. The third-order valence-corrected chi connectivity index (χ3v) is 3.37. The third-order valence-electron chi connectivity index (χ3n) is 2.71. The van der Waals surface area contributed by atoms with Crippen LogP contribution in [0.5, 0.6) is 0 Å². The summed E-state index contributed by atoms with van der Waals surface area (Å²) < 4.78 is 2.62. The molecule has 84 valence electrons. The van der Waals surface area contributed by atoms with Crippen molar-refractivity contribution in [3.05, 3.63) is 45.7 Å². The number of aliphatic hydroxyl groups excluding tert-OH is 1. The Kier molecular flexibility index (Phi) is 3.12. The molecule has 1 N–H and O–H groups in total. The van der Waals surface area contributed by atoms with Crippen LogP contribution < -0.4 is 0 Å². The molecule has 16 heavy (non-hydrogen) atoms. The van der Waals surface area contributed by atoms with E-state index in [-0.39, 0.29) is 6.61 Å². The van der Waals surface area contributed by atoms with Crippen molar-refractivity contribution >= 4 is 15.9 Å². The van der Waals surface area contributed by atoms with E-state index in [9.17, 15) is 0 Å². The summed E-state index contributed by atoms with van der Waals surface area (Å²) in [5.41, 5.74) is 4.12. The molecule has 0 fully saturated rings. The molecule has 1 heterocycles. The summed E-state index contributed by atoms with van der Waals surface area (Å²) in [6.07, 6.45) is 1.87. The second-order valence-electron chi connectivity index (χ2n) is 3.75. The van der Waals surface area contributed by atoms with E-state index in [1.54, 1.807) is 4.68 Å². The van der Waals surface area contributed by atoms with Gasteiger partial charge in [0.1, 0.15) is 5.69 Å². The van der Waals surface area contributed by atoms with Crippen LogP contribution in [-0.2, 0) is 6.61 Å². The van der Waals surface area contributed by atoms with E-state index in [0.29, 0.717) is 5.69 Å². The van der Waals surface area contributed by atoms with Gasteiger partial charge in [0.05, 0.1) is 16.8 Å². The maximum atomic E-state index is 9.10. The Morgan fingerprint density at radius 1 is 1.38 bits per heavy atom. The Morgan fingerprint density at radius 2 is 2.12 bits per heavy atom. The second kappa shape index (κ2) is 4.39. The van der Waals surface area contributed by atoms with Crippen molar-refractivity contribution in [2.24, 2.45) is 0 Å². The monoisotopic (exact) mass is 280 g/mol. The van der Waals surface area contributed by atoms with Crippen molar-refractivity contribution in [2.45, 2.75) is 20.5 Å². The van der Waals surface area contributed by atoms with Gasteiger partial charge in [-0.2, -0.15) is 5.10 Å². The number of halogens is 1. The van der Waals surface area contributed by atoms with Crippen molar-refractivity contribution < 1.29 is 5.11 Å². The van der Waals surface area contributed by atoms with Gasteiger partial charge < -0.3 is 5.11 Å². The minimum absolute atomic E-state index is 0.0571. The SMILES string of the molecule is Cc1cccc(-n2cc(Br)c(CO)n2)c1C. The van der Waals surface area contributed by atoms with E-state index in [1.165, 1.54) is 11.1 Å². The highest BCUT2D eigenvalue weighted by Crippen LogP contribution is 2.21. The normalized spacial score (nSPS) is 10.8. The smallest absolute Gasteiger partial charge is 0.102 e. The standard InChI is InChI=1S/C12H13BrN2O/c1-8-4-3-5-12(9(8)2)15-6-10(13)11(7-16)14-15/h3-6,16H,7H2,1-2H3. The van der Waals surface area contributed by atoms with E-state index in [2.05, 4.69) is 40.9 Å². The molecule has 2 aromatic rings. The Bertz CT molecular complexity index is 520. The number of hydrogen-bond donors (Lipinski definition) is 1. The first-order valence-corrected chi connectivity index (χ1v) is 5.84. The molecule has 0 aliphatic heterocycles. The highest BCUT2D eigenvalue weighted by Gasteiger charge is 2.08. The van der Waals surface area contributed by atoms with Gasteiger partial charge in [-0.15, -0.1) is 0 Å². The molecular weight excluding hydrogens is 268 g/mol. The number of rotatable bonds is 2. The minimum atomic E-state index is -0.0571. The Labute approximate surface area is 103 Å². The first-order valence-electron chi connectivity index (χ1n) is 5.05. The summed E-state index contributed by atoms with van der Waals surface area (Å²) in [5.74, 6) is 0. The summed E-state index contributed by atoms with van der Waals surface area (Å²) in [6, 6.07) is 6.10. The lowest BCUT2D eigenvalue weighted by atomic mass is 10.1. The summed E-state index contributed by atoms with van der Waals surface area (Å²) in [7, 11) is 0. The fourth-order valence-electron chi connectivity index (χ4n) is 1.60. The van der Waals surface area contributed by atoms with E-state index in [0.717, 1.165) is 10.2 Å². The Balaban J connectivity index is 2.54. The van der Waals surface area contributed by atoms with Crippen molar-refractivity contribution in [1.82, 2.24) is 9.78 Å². The summed E-state index contributed by atoms with van der Waals surface area (Å²) in [6.45, 7) is 4.08. The molecule has 1 aromatic heterocycles. The average molecular weight is 281 g/mol. The predicted molar refractivity (Wildman–Crippen MR) is 66.7 cm³/mol. The zero-order chi connectivity index (χ0) is 11.7. The number of aryl methyl sites for hydroxylation is 1. The minimum Gasteiger partial charge on any atom is -0.390 e. The van der Waals surface area contributed by atoms with Crippen LogP contribution in [0.3, 0.4) is 0 Å². The molecule has 0 aliphatic rings. The Morgan fingerprint density at radius 3 is 2.75 bits per heavy atom. The van der Waals surface area contributed by atoms with E-state index in [4.69, 9.17) is 5.11 Å². The molecule has 4 heteroatoms. The average Bonchev–Trinajstić information content (AvgIpc) is 2.63. The quantitative estimate of drug-likeness (QED) is 0.919. The van der Waals surface area contributed by atoms with Crippen LogP contribution in [-0.4, -0.2) is 14.9 Å². The van der Waals surface area contributed by atoms with Gasteiger partial charge in [0.2, 0.25) is 0 Å². The number of aromatic nitrogens is 2. The maximum absolute atomic E-state index is 9.10. The molecule has 0 amide bonds. The molecule has 0 atom stereocenters. The van der Waals surface area contributed by atoms with Gasteiger partial charge >= 0.3 is 0 Å². The van der Waals surface area contributed by atoms with E-state index < -0.39 is 0 Å². The highest BCUT2D eigenvalue weighted by atomic mass is 79.9. The van der Waals surface area contributed by atoms with Crippen LogP contribution in [0, 0.1) is 13.8 Å². The van der Waals surface area contributed by atoms with Crippen LogP contribution in [0.2, 0.25) is 0 Å². The lowest BCUT2D eigenvalue weighted by Gasteiger charge is -2.07. The number of aliphatic hydroxyl groups is 1. The van der Waals surface area contributed by atoms with Crippen molar-refractivity contribution in [1.29, 1.82) is 0 Å². The molecule has 2 rings (SSSR count). The van der Waals surface area contributed by atoms with Gasteiger partial charge in [-0.1, -0.05) is 12.1 Å². The van der Waals surface area contributed by atoms with Gasteiger partial charge in [0.15, 0.2) is 0 Å². The molecule has 0 unspecified atom stereocenters. The molecular formula is C12H13BrN2O. The van der Waals surface area contributed by atoms with Crippen LogP contribution >= 0.6 is 15.9 Å². The molecule has 0 spiro atoms. The number of nitrogens with zero attached hydrogens (tertiary/aromatic N) is 2. The summed E-state index contributed by atoms with van der Waals surface area (Å²) in [5, 5.41) is 13.4. The van der Waals surface area contributed by atoms with E-state index >= 15 is 0 Å². The molecule has 0 aliphatic carbocycles. The zero-order valence-electron chi connectivity index (χ0n) is 9.24. The van der Waals surface area contributed by atoms with E-state index in [1.807, 2.05) is 18.3 Å². The lowest BCUT2D eigenvalue weighted by Crippen LogP contribution is -1.99. The molecule has 0 saturated heterocycles. The molecule has 0 bridgehead atoms. The highest BCUT2D eigenvalue weighted by molar-refractivity contribution is 9.10. The number of benzene rings is 1. The first-order chi connectivity index (χ1) is 7.63. The van der Waals surface area contributed by atoms with Gasteiger partial charge in [0.25, 0.3) is 0 Å². The van der Waals surface area contributed by atoms with Crippen LogP contribution in [0.15, 0.2) is 28.9 Å². The van der Waals surface area contributed by atoms with Gasteiger partial charge in [-0.25, -0.2) is 4.68 Å². The fraction of sp³-hybridized carbons (Fsp3) is 0.250. The first kappa shape index (κ1) is 11.4. The third kappa shape index (κ3) is 1.90. The molecule has 1 aromatic carbocycles. The molecule has 0 radical (unpaired) electrons. The van der Waals surface area contributed by atoms with Crippen LogP contribution in [0.1, 0.15) is 16.8 Å². The predicted octanol–water partition coefficient (Wildman–Crippen LogP) is 2.74. The zero-order valence-corrected chi connectivity index (χ0v) is 10.8. The second-order valence-corrected chi connectivity index (χ2v) is 4.60. The van der Waals surface area contributed by atoms with Crippen molar-refractivity contribution in [3.63, 3.8) is 0 Å². The summed E-state index contributed by atoms with van der Waals surface area (Å²) >= 11 is 3.37.